The smallest absolute Gasteiger partial charge is 0.276 e. The van der Waals surface area contributed by atoms with Crippen molar-refractivity contribution < 1.29 is 4.92 Å². The van der Waals surface area contributed by atoms with Crippen molar-refractivity contribution in [3.8, 4) is 0 Å². The summed E-state index contributed by atoms with van der Waals surface area (Å²) in [4.78, 5) is 12.8. The van der Waals surface area contributed by atoms with Crippen LogP contribution < -0.4 is 4.90 Å². The molecule has 0 amide bonds. The highest BCUT2D eigenvalue weighted by Crippen LogP contribution is 2.27. The van der Waals surface area contributed by atoms with Crippen LogP contribution in [0.3, 0.4) is 0 Å². The number of hydrogen-bond donors (Lipinski definition) is 0. The molecule has 0 atom stereocenters. The third-order valence-electron chi connectivity index (χ3n) is 3.61. The lowest BCUT2D eigenvalue weighted by Gasteiger charge is -2.20. The third kappa shape index (κ3) is 3.50. The highest BCUT2D eigenvalue weighted by atomic mass is 16.6. The molecule has 0 aliphatic rings. The molecule has 3 aromatic carbocycles. The molecule has 0 saturated carbocycles. The molecule has 0 aliphatic heterocycles. The second-order valence-electron chi connectivity index (χ2n) is 5.17. The van der Waals surface area contributed by atoms with Crippen LogP contribution in [-0.2, 0) is 0 Å². The minimum absolute atomic E-state index is 0.0924. The Morgan fingerprint density at radius 1 is 0.750 bits per heavy atom. The third-order valence-corrected chi connectivity index (χ3v) is 3.61. The number of nitro groups is 1. The maximum absolute atomic E-state index is 11.2. The lowest BCUT2D eigenvalue weighted by Crippen LogP contribution is -2.07. The minimum Gasteiger partial charge on any atom is -0.317 e. The summed E-state index contributed by atoms with van der Waals surface area (Å²) in [6, 6.07) is 26.5. The molecule has 3 rings (SSSR count). The molecule has 4 nitrogen and oxygen atoms in total. The van der Waals surface area contributed by atoms with E-state index in [-0.39, 0.29) is 10.6 Å². The quantitative estimate of drug-likeness (QED) is 0.467. The maximum atomic E-state index is 11.2. The zero-order valence-corrected chi connectivity index (χ0v) is 12.9. The van der Waals surface area contributed by atoms with Gasteiger partial charge in [-0.15, -0.1) is 0 Å². The summed E-state index contributed by atoms with van der Waals surface area (Å²) >= 11 is 0. The van der Waals surface area contributed by atoms with Gasteiger partial charge in [-0.25, -0.2) is 0 Å². The molecule has 0 N–H and O–H groups in total. The van der Waals surface area contributed by atoms with Crippen molar-refractivity contribution in [2.75, 3.05) is 4.90 Å². The molecule has 0 aromatic heterocycles. The van der Waals surface area contributed by atoms with Crippen LogP contribution >= 0.6 is 0 Å². The van der Waals surface area contributed by atoms with E-state index in [9.17, 15) is 10.1 Å². The van der Waals surface area contributed by atoms with Gasteiger partial charge in [0.15, 0.2) is 0 Å². The normalized spacial score (nSPS) is 10.7. The Kier molecular flexibility index (Phi) is 4.68. The van der Waals surface area contributed by atoms with Gasteiger partial charge in [0.25, 0.3) is 5.69 Å². The Balaban J connectivity index is 2.01. The summed E-state index contributed by atoms with van der Waals surface area (Å²) in [5.74, 6) is 0. The fourth-order valence-corrected chi connectivity index (χ4v) is 2.45. The summed E-state index contributed by atoms with van der Waals surface area (Å²) in [6.45, 7) is 0. The first kappa shape index (κ1) is 15.5. The van der Waals surface area contributed by atoms with E-state index in [1.165, 1.54) is 6.07 Å². The molecule has 118 valence electrons. The van der Waals surface area contributed by atoms with Crippen LogP contribution in [0.5, 0.6) is 0 Å². The molecule has 0 heterocycles. The molecule has 0 fully saturated rings. The molecule has 0 unspecified atom stereocenters. The molecule has 0 saturated heterocycles. The van der Waals surface area contributed by atoms with E-state index in [4.69, 9.17) is 0 Å². The molecule has 0 aliphatic carbocycles. The monoisotopic (exact) mass is 316 g/mol. The lowest BCUT2D eigenvalue weighted by molar-refractivity contribution is -0.385. The molecular weight excluding hydrogens is 300 g/mol. The largest absolute Gasteiger partial charge is 0.317 e. The molecule has 3 aromatic rings. The van der Waals surface area contributed by atoms with Crippen LogP contribution in [0.4, 0.5) is 17.1 Å². The Labute approximate surface area is 140 Å². The Morgan fingerprint density at radius 3 is 1.79 bits per heavy atom. The second-order valence-corrected chi connectivity index (χ2v) is 5.17. The van der Waals surface area contributed by atoms with E-state index in [1.54, 1.807) is 24.3 Å². The second kappa shape index (κ2) is 7.24. The number of anilines is 2. The summed E-state index contributed by atoms with van der Waals surface area (Å²) in [7, 11) is 0. The van der Waals surface area contributed by atoms with Crippen molar-refractivity contribution in [2.24, 2.45) is 0 Å². The highest BCUT2D eigenvalue weighted by molar-refractivity contribution is 5.71. The van der Waals surface area contributed by atoms with Crippen LogP contribution in [0.15, 0.2) is 91.1 Å². The fourth-order valence-electron chi connectivity index (χ4n) is 2.45. The Bertz CT molecular complexity index is 806. The van der Waals surface area contributed by atoms with E-state index in [1.807, 2.05) is 71.8 Å². The van der Waals surface area contributed by atoms with E-state index >= 15 is 0 Å². The van der Waals surface area contributed by atoms with Crippen molar-refractivity contribution in [3.05, 3.63) is 107 Å². The minimum atomic E-state index is -0.366. The van der Waals surface area contributed by atoms with Gasteiger partial charge < -0.3 is 4.90 Å². The Morgan fingerprint density at radius 2 is 1.25 bits per heavy atom. The van der Waals surface area contributed by atoms with Gasteiger partial charge in [-0.3, -0.25) is 10.1 Å². The molecule has 24 heavy (non-hydrogen) atoms. The number of hydrogen-bond acceptors (Lipinski definition) is 3. The molecular formula is C20H16N2O2. The summed E-state index contributed by atoms with van der Waals surface area (Å²) in [5, 5.41) is 11.2. The standard InChI is InChI=1S/C20H16N2O2/c23-22(24)20-14-8-7-9-17(20)15-16-21(18-10-3-1-4-11-18)19-12-5-2-6-13-19/h1-16H. The van der Waals surface area contributed by atoms with Gasteiger partial charge in [0.1, 0.15) is 0 Å². The van der Waals surface area contributed by atoms with Gasteiger partial charge in [0, 0.05) is 23.6 Å². The van der Waals surface area contributed by atoms with Gasteiger partial charge in [-0.05, 0) is 36.4 Å². The zero-order chi connectivity index (χ0) is 16.8. The van der Waals surface area contributed by atoms with Gasteiger partial charge in [-0.2, -0.15) is 0 Å². The fraction of sp³-hybridized carbons (Fsp3) is 0. The topological polar surface area (TPSA) is 46.4 Å². The van der Waals surface area contributed by atoms with Crippen LogP contribution in [-0.4, -0.2) is 4.92 Å². The van der Waals surface area contributed by atoms with Gasteiger partial charge in [0.05, 0.1) is 10.5 Å². The summed E-state index contributed by atoms with van der Waals surface area (Å²) in [6.07, 6.45) is 3.62. The Hall–Kier alpha value is -3.40. The number of benzene rings is 3. The van der Waals surface area contributed by atoms with Gasteiger partial charge in [0.2, 0.25) is 0 Å². The van der Waals surface area contributed by atoms with Gasteiger partial charge in [-0.1, -0.05) is 48.5 Å². The molecule has 0 radical (unpaired) electrons. The van der Waals surface area contributed by atoms with E-state index < -0.39 is 0 Å². The van der Waals surface area contributed by atoms with Crippen LogP contribution in [0.2, 0.25) is 0 Å². The number of para-hydroxylation sites is 3. The van der Waals surface area contributed by atoms with Crippen LogP contribution in [0.1, 0.15) is 5.56 Å². The van der Waals surface area contributed by atoms with E-state index in [0.29, 0.717) is 5.56 Å². The van der Waals surface area contributed by atoms with E-state index in [0.717, 1.165) is 11.4 Å². The number of nitrogens with zero attached hydrogens (tertiary/aromatic N) is 2. The SMILES string of the molecule is O=[N+]([O-])c1ccccc1C=CN(c1ccccc1)c1ccccc1. The highest BCUT2D eigenvalue weighted by Gasteiger charge is 2.11. The molecule has 0 spiro atoms. The number of nitro benzene ring substituents is 1. The number of rotatable bonds is 5. The average molecular weight is 316 g/mol. The summed E-state index contributed by atoms with van der Waals surface area (Å²) < 4.78 is 0. The van der Waals surface area contributed by atoms with Crippen LogP contribution in [0, 0.1) is 10.1 Å². The predicted molar refractivity (Wildman–Crippen MR) is 97.2 cm³/mol. The first-order chi connectivity index (χ1) is 11.8. The molecule has 0 bridgehead atoms. The van der Waals surface area contributed by atoms with Crippen molar-refractivity contribution in [3.63, 3.8) is 0 Å². The predicted octanol–water partition coefficient (Wildman–Crippen LogP) is 5.40. The average Bonchev–Trinajstić information content (AvgIpc) is 2.64. The van der Waals surface area contributed by atoms with Gasteiger partial charge >= 0.3 is 0 Å². The van der Waals surface area contributed by atoms with Crippen LogP contribution in [0.25, 0.3) is 6.08 Å². The van der Waals surface area contributed by atoms with Crippen molar-refractivity contribution in [2.45, 2.75) is 0 Å². The van der Waals surface area contributed by atoms with Crippen molar-refractivity contribution in [1.29, 1.82) is 0 Å². The van der Waals surface area contributed by atoms with E-state index in [2.05, 4.69) is 0 Å². The molecule has 4 heteroatoms. The summed E-state index contributed by atoms with van der Waals surface area (Å²) in [5.41, 5.74) is 2.63. The zero-order valence-electron chi connectivity index (χ0n) is 12.9. The first-order valence-electron chi connectivity index (χ1n) is 7.56. The van der Waals surface area contributed by atoms with Crippen molar-refractivity contribution in [1.82, 2.24) is 0 Å². The first-order valence-corrected chi connectivity index (χ1v) is 7.56. The maximum Gasteiger partial charge on any atom is 0.276 e. The lowest BCUT2D eigenvalue weighted by atomic mass is 10.1. The van der Waals surface area contributed by atoms with Crippen molar-refractivity contribution >= 4 is 23.1 Å².